The molecule has 0 bridgehead atoms. The number of rotatable bonds is 0. The molecule has 0 aromatic carbocycles. The van der Waals surface area contributed by atoms with Crippen molar-refractivity contribution in [3.8, 4) is 0 Å². The molecule has 1 aliphatic rings. The van der Waals surface area contributed by atoms with Gasteiger partial charge in [-0.05, 0) is 13.8 Å². The number of nitrogens with one attached hydrogen (secondary N) is 1. The van der Waals surface area contributed by atoms with Gasteiger partial charge >= 0.3 is 6.03 Å². The monoisotopic (exact) mass is 245 g/mol. The van der Waals surface area contributed by atoms with E-state index in [1.54, 1.807) is 13.8 Å². The van der Waals surface area contributed by atoms with Crippen LogP contribution in [0, 0.1) is 0 Å². The Hall–Kier alpha value is 1.06. The third kappa shape index (κ3) is 2.25. The molecule has 6 heteroatoms. The quantitative estimate of drug-likeness (QED) is 0.378. The van der Waals surface area contributed by atoms with Crippen LogP contribution in [-0.2, 0) is 4.79 Å². The maximum Gasteiger partial charge on any atom is 0.335 e. The fourth-order valence-corrected chi connectivity index (χ4v) is 1.24. The maximum atomic E-state index is 11.0. The molecule has 0 spiro atoms. The van der Waals surface area contributed by atoms with Gasteiger partial charge < -0.3 is 5.32 Å². The van der Waals surface area contributed by atoms with E-state index in [4.69, 9.17) is 0 Å². The molecule has 0 unspecified atom stereocenters. The molecule has 3 amide bonds. The predicted octanol–water partition coefficient (Wildman–Crippen LogP) is 0.246. The summed E-state index contributed by atoms with van der Waals surface area (Å²) in [4.78, 5) is 21.8. The molecule has 1 rings (SSSR count). The van der Waals surface area contributed by atoms with E-state index in [1.165, 1.54) is 0 Å². The number of amides is 3. The molecule has 1 radical (unpaired) electrons. The molecule has 0 aliphatic carbocycles. The van der Waals surface area contributed by atoms with Crippen LogP contribution in [0.1, 0.15) is 13.8 Å². The third-order valence-corrected chi connectivity index (χ3v) is 1.95. The second-order valence-corrected chi connectivity index (χ2v) is 3.35. The van der Waals surface area contributed by atoms with E-state index in [2.05, 4.69) is 21.5 Å². The molecule has 1 N–H and O–H groups in total. The number of urea groups is 1. The molecular weight excluding hydrogens is 239 g/mol. The summed E-state index contributed by atoms with van der Waals surface area (Å²) >= 11 is 2.82. The molecule has 0 saturated carbocycles. The van der Waals surface area contributed by atoms with Gasteiger partial charge in [-0.1, -0.05) is 0 Å². The number of hydrogen-bond donors (Lipinski definition) is 1. The molecule has 0 atom stereocenters. The topological polar surface area (TPSA) is 49.4 Å². The van der Waals surface area contributed by atoms with Crippen molar-refractivity contribution < 1.29 is 9.59 Å². The number of hydrogen-bond acceptors (Lipinski definition) is 2. The van der Waals surface area contributed by atoms with Crippen LogP contribution in [0.15, 0.2) is 0 Å². The maximum absolute atomic E-state index is 11.0. The summed E-state index contributed by atoms with van der Waals surface area (Å²) in [6.07, 6.45) is 0. The smallest absolute Gasteiger partial charge is 0.323 e. The molecule has 0 aromatic heterocycles. The van der Waals surface area contributed by atoms with E-state index in [9.17, 15) is 9.59 Å². The van der Waals surface area contributed by atoms with Crippen LogP contribution >= 0.6 is 16.1 Å². The Morgan fingerprint density at radius 1 is 1.45 bits per heavy atom. The van der Waals surface area contributed by atoms with Crippen molar-refractivity contribution in [1.82, 2.24) is 9.24 Å². The summed E-state index contributed by atoms with van der Waals surface area (Å²) in [5.41, 5.74) is -0.763. The van der Waals surface area contributed by atoms with Gasteiger partial charge in [0.15, 0.2) is 0 Å². The summed E-state index contributed by atoms with van der Waals surface area (Å²) in [5.74, 6) is -0.266. The minimum Gasteiger partial charge on any atom is -0.323 e. The van der Waals surface area contributed by atoms with Crippen molar-refractivity contribution in [2.45, 2.75) is 19.4 Å². The van der Waals surface area contributed by atoms with Gasteiger partial charge in [-0.15, -0.1) is 0 Å². The van der Waals surface area contributed by atoms with Gasteiger partial charge in [-0.3, -0.25) is 4.79 Å². The summed E-state index contributed by atoms with van der Waals surface area (Å²) in [5, 5.41) is 2.48. The second-order valence-electron chi connectivity index (χ2n) is 2.64. The Labute approximate surface area is 116 Å². The van der Waals surface area contributed by atoms with E-state index in [1.807, 2.05) is 0 Å². The fraction of sp³-hybridized carbons (Fsp3) is 0.600. The van der Waals surface area contributed by atoms with E-state index in [-0.39, 0.29) is 57.3 Å². The van der Waals surface area contributed by atoms with Crippen molar-refractivity contribution in [3.05, 3.63) is 0 Å². The van der Waals surface area contributed by atoms with Gasteiger partial charge in [0.25, 0.3) is 5.91 Å². The summed E-state index contributed by atoms with van der Waals surface area (Å²) in [7, 11) is 0. The van der Waals surface area contributed by atoms with E-state index >= 15 is 0 Å². The fourth-order valence-electron chi connectivity index (χ4n) is 0.708. The van der Waals surface area contributed by atoms with Crippen molar-refractivity contribution in [1.29, 1.82) is 0 Å². The third-order valence-electron chi connectivity index (χ3n) is 1.31. The summed E-state index contributed by atoms with van der Waals surface area (Å²) in [6, 6.07) is -0.407. The predicted molar refractivity (Wildman–Crippen MR) is 44.1 cm³/mol. The molecule has 4 nitrogen and oxygen atoms in total. The van der Waals surface area contributed by atoms with Crippen LogP contribution in [0.5, 0.6) is 0 Å². The molecule has 11 heavy (non-hydrogen) atoms. The van der Waals surface area contributed by atoms with Crippen molar-refractivity contribution in [3.63, 3.8) is 0 Å². The van der Waals surface area contributed by atoms with Gasteiger partial charge in [-0.2, -0.15) is 3.93 Å². The first-order chi connectivity index (χ1) is 4.45. The number of nitrogens with zero attached hydrogens (tertiary/aromatic N) is 1. The van der Waals surface area contributed by atoms with Crippen LogP contribution in [0.2, 0.25) is 0 Å². The number of imide groups is 1. The van der Waals surface area contributed by atoms with Gasteiger partial charge in [0.05, 0.1) is 16.1 Å². The van der Waals surface area contributed by atoms with Crippen LogP contribution in [0.25, 0.3) is 0 Å². The molecule has 0 aromatic rings. The van der Waals surface area contributed by atoms with E-state index in [0.717, 1.165) is 3.93 Å². The zero-order valence-corrected chi connectivity index (χ0v) is 11.4. The molecule has 57 valence electrons. The molecular formula is C5H7BrKN2O2. The van der Waals surface area contributed by atoms with Crippen molar-refractivity contribution in [2.24, 2.45) is 0 Å². The average molecular weight is 246 g/mol. The van der Waals surface area contributed by atoms with Crippen LogP contribution in [0.3, 0.4) is 0 Å². The Balaban J connectivity index is 0.000001000. The van der Waals surface area contributed by atoms with Crippen molar-refractivity contribution in [2.75, 3.05) is 0 Å². The van der Waals surface area contributed by atoms with Crippen LogP contribution < -0.4 is 5.32 Å². The van der Waals surface area contributed by atoms with Crippen LogP contribution in [-0.4, -0.2) is 72.8 Å². The second kappa shape index (κ2) is 3.84. The molecule has 1 fully saturated rings. The zero-order valence-electron chi connectivity index (χ0n) is 6.64. The Bertz CT molecular complexity index is 207. The summed E-state index contributed by atoms with van der Waals surface area (Å²) in [6.45, 7) is 3.29. The minimum atomic E-state index is -0.763. The minimum absolute atomic E-state index is 0. The van der Waals surface area contributed by atoms with Crippen molar-refractivity contribution >= 4 is 79.5 Å². The number of carbonyl (C=O) groups is 2. The Morgan fingerprint density at radius 3 is 2.00 bits per heavy atom. The van der Waals surface area contributed by atoms with E-state index < -0.39 is 11.6 Å². The largest absolute Gasteiger partial charge is 0.335 e. The summed E-state index contributed by atoms with van der Waals surface area (Å²) < 4.78 is 0.896. The Kier molecular flexibility index (Phi) is 4.21. The van der Waals surface area contributed by atoms with Gasteiger partial charge in [0.2, 0.25) is 0 Å². The first-order valence-corrected chi connectivity index (χ1v) is 3.48. The SMILES string of the molecule is CC1(C)NC(=O)N(Br)C1=O.[K]. The average Bonchev–Trinajstić information content (AvgIpc) is 1.95. The normalized spacial score (nSPS) is 21.2. The number of halogens is 1. The van der Waals surface area contributed by atoms with Gasteiger partial charge in [-0.25, -0.2) is 4.79 Å². The molecule has 1 saturated heterocycles. The molecule has 1 heterocycles. The first kappa shape index (κ1) is 12.1. The first-order valence-electron chi connectivity index (χ1n) is 2.77. The van der Waals surface area contributed by atoms with E-state index in [0.29, 0.717) is 0 Å². The molecule has 1 aliphatic heterocycles. The van der Waals surface area contributed by atoms with Crippen LogP contribution in [0.4, 0.5) is 4.79 Å². The van der Waals surface area contributed by atoms with Gasteiger partial charge in [0, 0.05) is 51.4 Å². The standard InChI is InChI=1S/C5H7BrN2O2.K/c1-5(2)3(9)8(6)4(10)7-5;/h1-2H3,(H,7,10);. The van der Waals surface area contributed by atoms with Gasteiger partial charge in [0.1, 0.15) is 5.54 Å². The number of carbonyl (C=O) groups excluding carboxylic acids is 2. The Morgan fingerprint density at radius 2 is 1.91 bits per heavy atom. The zero-order chi connectivity index (χ0) is 7.94.